The third kappa shape index (κ3) is 3.33. The van der Waals surface area contributed by atoms with Crippen molar-refractivity contribution in [2.24, 2.45) is 5.92 Å². The number of piperidine rings is 1. The van der Waals surface area contributed by atoms with Gasteiger partial charge in [-0.3, -0.25) is 4.79 Å². The largest absolute Gasteiger partial charge is 0.385 e. The highest BCUT2D eigenvalue weighted by atomic mass is 16.2. The smallest absolute Gasteiger partial charge is 0.254 e. The maximum atomic E-state index is 12.6. The van der Waals surface area contributed by atoms with Gasteiger partial charge in [-0.25, -0.2) is 0 Å². The lowest BCUT2D eigenvalue weighted by atomic mass is 9.91. The van der Waals surface area contributed by atoms with Crippen molar-refractivity contribution in [1.29, 1.82) is 0 Å². The Balaban J connectivity index is 2.05. The lowest BCUT2D eigenvalue weighted by molar-refractivity contribution is 0.0551. The molecule has 1 heterocycles. The van der Waals surface area contributed by atoms with Crippen LogP contribution in [0.5, 0.6) is 0 Å². The highest BCUT2D eigenvalue weighted by molar-refractivity contribution is 5.94. The minimum Gasteiger partial charge on any atom is -0.385 e. The van der Waals surface area contributed by atoms with Crippen LogP contribution in [-0.4, -0.2) is 29.9 Å². The molecule has 3 heteroatoms. The average Bonchev–Trinajstić information content (AvgIpc) is 2.48. The lowest BCUT2D eigenvalue weighted by Crippen LogP contribution is -2.46. The minimum atomic E-state index is 0.172. The van der Waals surface area contributed by atoms with Crippen LogP contribution in [0.1, 0.15) is 50.4 Å². The molecule has 2 unspecified atom stereocenters. The van der Waals surface area contributed by atoms with Gasteiger partial charge in [-0.05, 0) is 56.4 Å². The predicted octanol–water partition coefficient (Wildman–Crippen LogP) is 3.77. The molecule has 1 aliphatic rings. The van der Waals surface area contributed by atoms with Crippen molar-refractivity contribution < 1.29 is 4.79 Å². The first-order chi connectivity index (χ1) is 9.63. The van der Waals surface area contributed by atoms with E-state index in [4.69, 9.17) is 0 Å². The van der Waals surface area contributed by atoms with Crippen molar-refractivity contribution in [3.05, 3.63) is 29.8 Å². The Hall–Kier alpha value is -1.51. The summed E-state index contributed by atoms with van der Waals surface area (Å²) in [6, 6.07) is 8.22. The van der Waals surface area contributed by atoms with E-state index in [1.54, 1.807) is 0 Å². The molecule has 0 aromatic heterocycles. The number of anilines is 1. The summed E-state index contributed by atoms with van der Waals surface area (Å²) < 4.78 is 0. The molecule has 1 aromatic rings. The van der Waals surface area contributed by atoms with Crippen molar-refractivity contribution >= 4 is 11.6 Å². The molecule has 20 heavy (non-hydrogen) atoms. The Morgan fingerprint density at radius 2 is 2.00 bits per heavy atom. The molecule has 3 nitrogen and oxygen atoms in total. The molecule has 1 aromatic carbocycles. The van der Waals surface area contributed by atoms with Crippen LogP contribution in [0.15, 0.2) is 24.3 Å². The van der Waals surface area contributed by atoms with Crippen LogP contribution in [0, 0.1) is 5.92 Å². The van der Waals surface area contributed by atoms with E-state index in [1.807, 2.05) is 29.2 Å². The fourth-order valence-corrected chi connectivity index (χ4v) is 2.79. The summed E-state index contributed by atoms with van der Waals surface area (Å²) in [4.78, 5) is 14.6. The predicted molar refractivity (Wildman–Crippen MR) is 84.1 cm³/mol. The van der Waals surface area contributed by atoms with Gasteiger partial charge < -0.3 is 10.2 Å². The Bertz CT molecular complexity index is 441. The summed E-state index contributed by atoms with van der Waals surface area (Å²) in [6.45, 7) is 8.40. The second-order valence-corrected chi connectivity index (χ2v) is 5.86. The Kier molecular flexibility index (Phi) is 5.05. The molecule has 1 N–H and O–H groups in total. The molecular formula is C17H26N2O. The molecule has 0 aliphatic carbocycles. The summed E-state index contributed by atoms with van der Waals surface area (Å²) in [5, 5.41) is 3.33. The fourth-order valence-electron chi connectivity index (χ4n) is 2.79. The van der Waals surface area contributed by atoms with Crippen LogP contribution >= 0.6 is 0 Å². The van der Waals surface area contributed by atoms with Crippen LogP contribution in [-0.2, 0) is 0 Å². The molecule has 110 valence electrons. The second kappa shape index (κ2) is 6.78. The van der Waals surface area contributed by atoms with Gasteiger partial charge in [0.05, 0.1) is 0 Å². The van der Waals surface area contributed by atoms with E-state index in [0.29, 0.717) is 12.0 Å². The van der Waals surface area contributed by atoms with Crippen molar-refractivity contribution in [3.8, 4) is 0 Å². The molecule has 2 rings (SSSR count). The SMILES string of the molecule is CCCNc1ccc(C(=O)N2CCCC(C)C2C)cc1. The average molecular weight is 274 g/mol. The number of hydrogen-bond donors (Lipinski definition) is 1. The van der Waals surface area contributed by atoms with E-state index >= 15 is 0 Å². The topological polar surface area (TPSA) is 32.3 Å². The summed E-state index contributed by atoms with van der Waals surface area (Å²) in [5.41, 5.74) is 1.89. The van der Waals surface area contributed by atoms with Gasteiger partial charge in [0.15, 0.2) is 0 Å². The summed E-state index contributed by atoms with van der Waals surface area (Å²) in [5.74, 6) is 0.768. The van der Waals surface area contributed by atoms with Crippen molar-refractivity contribution in [2.75, 3.05) is 18.4 Å². The van der Waals surface area contributed by atoms with E-state index in [0.717, 1.165) is 37.2 Å². The fraction of sp³-hybridized carbons (Fsp3) is 0.588. The summed E-state index contributed by atoms with van der Waals surface area (Å²) >= 11 is 0. The van der Waals surface area contributed by atoms with Crippen LogP contribution in [0.4, 0.5) is 5.69 Å². The zero-order valence-corrected chi connectivity index (χ0v) is 12.9. The van der Waals surface area contributed by atoms with Gasteiger partial charge in [0.2, 0.25) is 0 Å². The van der Waals surface area contributed by atoms with Gasteiger partial charge in [0.1, 0.15) is 0 Å². The van der Waals surface area contributed by atoms with E-state index in [9.17, 15) is 4.79 Å². The highest BCUT2D eigenvalue weighted by Crippen LogP contribution is 2.24. The first-order valence-electron chi connectivity index (χ1n) is 7.78. The number of amides is 1. The molecule has 0 spiro atoms. The number of likely N-dealkylation sites (tertiary alicyclic amines) is 1. The van der Waals surface area contributed by atoms with Gasteiger partial charge >= 0.3 is 0 Å². The van der Waals surface area contributed by atoms with Crippen molar-refractivity contribution in [1.82, 2.24) is 4.90 Å². The van der Waals surface area contributed by atoms with Crippen LogP contribution in [0.3, 0.4) is 0 Å². The zero-order chi connectivity index (χ0) is 14.5. The molecular weight excluding hydrogens is 248 g/mol. The normalized spacial score (nSPS) is 22.6. The van der Waals surface area contributed by atoms with Crippen LogP contribution < -0.4 is 5.32 Å². The van der Waals surface area contributed by atoms with E-state index in [1.165, 1.54) is 6.42 Å². The number of benzene rings is 1. The maximum absolute atomic E-state index is 12.6. The first-order valence-corrected chi connectivity index (χ1v) is 7.78. The number of nitrogens with zero attached hydrogens (tertiary/aromatic N) is 1. The number of hydrogen-bond acceptors (Lipinski definition) is 2. The Morgan fingerprint density at radius 3 is 2.65 bits per heavy atom. The van der Waals surface area contributed by atoms with Gasteiger partial charge in [-0.15, -0.1) is 0 Å². The molecule has 1 saturated heterocycles. The zero-order valence-electron chi connectivity index (χ0n) is 12.9. The molecule has 0 radical (unpaired) electrons. The first kappa shape index (κ1) is 14.9. The highest BCUT2D eigenvalue weighted by Gasteiger charge is 2.28. The third-order valence-electron chi connectivity index (χ3n) is 4.35. The van der Waals surface area contributed by atoms with Gasteiger partial charge in [0, 0.05) is 30.4 Å². The van der Waals surface area contributed by atoms with E-state index < -0.39 is 0 Å². The third-order valence-corrected chi connectivity index (χ3v) is 4.35. The molecule has 1 fully saturated rings. The molecule has 0 saturated carbocycles. The van der Waals surface area contributed by atoms with Gasteiger partial charge in [-0.2, -0.15) is 0 Å². The van der Waals surface area contributed by atoms with E-state index in [2.05, 4.69) is 26.1 Å². The molecule has 0 bridgehead atoms. The minimum absolute atomic E-state index is 0.172. The summed E-state index contributed by atoms with van der Waals surface area (Å²) in [7, 11) is 0. The van der Waals surface area contributed by atoms with E-state index in [-0.39, 0.29) is 5.91 Å². The molecule has 1 amide bonds. The van der Waals surface area contributed by atoms with Crippen LogP contribution in [0.2, 0.25) is 0 Å². The summed E-state index contributed by atoms with van der Waals surface area (Å²) in [6.07, 6.45) is 3.45. The van der Waals surface area contributed by atoms with Crippen molar-refractivity contribution in [3.63, 3.8) is 0 Å². The lowest BCUT2D eigenvalue weighted by Gasteiger charge is -2.38. The Labute approximate surface area is 122 Å². The number of rotatable bonds is 4. The number of nitrogens with one attached hydrogen (secondary N) is 1. The molecule has 1 aliphatic heterocycles. The van der Waals surface area contributed by atoms with Gasteiger partial charge in [-0.1, -0.05) is 13.8 Å². The molecule has 2 atom stereocenters. The van der Waals surface area contributed by atoms with Crippen LogP contribution in [0.25, 0.3) is 0 Å². The quantitative estimate of drug-likeness (QED) is 0.906. The van der Waals surface area contributed by atoms with Crippen molar-refractivity contribution in [2.45, 2.75) is 46.1 Å². The number of carbonyl (C=O) groups is 1. The standard InChI is InChI=1S/C17H26N2O/c1-4-11-18-16-9-7-15(8-10-16)17(20)19-12-5-6-13(2)14(19)3/h7-10,13-14,18H,4-6,11-12H2,1-3H3. The number of carbonyl (C=O) groups excluding carboxylic acids is 1. The Morgan fingerprint density at radius 1 is 1.30 bits per heavy atom. The maximum Gasteiger partial charge on any atom is 0.254 e. The monoisotopic (exact) mass is 274 g/mol. The van der Waals surface area contributed by atoms with Gasteiger partial charge in [0.25, 0.3) is 5.91 Å². The second-order valence-electron chi connectivity index (χ2n) is 5.86.